The van der Waals surface area contributed by atoms with E-state index < -0.39 is 17.8 Å². The van der Waals surface area contributed by atoms with Crippen LogP contribution in [0.25, 0.3) is 0 Å². The van der Waals surface area contributed by atoms with E-state index in [1.807, 2.05) is 0 Å². The summed E-state index contributed by atoms with van der Waals surface area (Å²) >= 11 is 0. The molecular weight excluding hydrogens is 729 g/mol. The molecule has 57 heavy (non-hydrogen) atoms. The SMILES string of the molecule is NC(=O)[C@@H]1CCC[C@@H]1NC(=O)[C@@H]1CCC[C@@H]1NC(=O)[C@@H]1CCC[C@@H]1NC(=O)[C@@H]1CCC[C@@H]1NC(=O)[C@@H]1CCC[C@@H]1NC(=O)[C@@H]1CCC[C@@H]1NC(=O)[C@@H]1CCC[C@@H]1N. The Morgan fingerprint density at radius 1 is 0.298 bits per heavy atom. The Hall–Kier alpha value is -3.75. The Morgan fingerprint density at radius 2 is 0.509 bits per heavy atom. The molecule has 7 rings (SSSR count). The maximum absolute atomic E-state index is 13.8. The van der Waals surface area contributed by atoms with E-state index in [0.717, 1.165) is 70.6 Å². The minimum atomic E-state index is -0.411. The van der Waals surface area contributed by atoms with Gasteiger partial charge < -0.3 is 43.4 Å². The van der Waals surface area contributed by atoms with Crippen molar-refractivity contribution in [1.82, 2.24) is 31.9 Å². The number of nitrogens with two attached hydrogens (primary N) is 2. The number of amides is 7. The first kappa shape index (κ1) is 41.4. The maximum Gasteiger partial charge on any atom is 0.225 e. The second-order valence-electron chi connectivity index (χ2n) is 18.5. The average molecular weight is 795 g/mol. The van der Waals surface area contributed by atoms with E-state index in [-0.39, 0.29) is 107 Å². The highest BCUT2D eigenvalue weighted by atomic mass is 16.2. The molecule has 0 saturated heterocycles. The van der Waals surface area contributed by atoms with Crippen LogP contribution in [-0.2, 0) is 33.6 Å². The third kappa shape index (κ3) is 9.44. The van der Waals surface area contributed by atoms with Gasteiger partial charge in [0.05, 0.1) is 41.4 Å². The predicted molar refractivity (Wildman–Crippen MR) is 210 cm³/mol. The monoisotopic (exact) mass is 795 g/mol. The molecule has 316 valence electrons. The molecule has 0 spiro atoms. The van der Waals surface area contributed by atoms with Gasteiger partial charge in [-0.05, 0) is 89.9 Å². The first-order valence-electron chi connectivity index (χ1n) is 22.4. The lowest BCUT2D eigenvalue weighted by atomic mass is 9.95. The molecule has 14 atom stereocenters. The molecule has 0 aromatic rings. The quantitative estimate of drug-likeness (QED) is 0.135. The van der Waals surface area contributed by atoms with Gasteiger partial charge in [0.2, 0.25) is 41.4 Å². The predicted octanol–water partition coefficient (Wildman–Crippen LogP) is 1.31. The summed E-state index contributed by atoms with van der Waals surface area (Å²) in [5.41, 5.74) is 11.7. The van der Waals surface area contributed by atoms with Crippen LogP contribution < -0.4 is 43.4 Å². The Balaban J connectivity index is 0.882. The van der Waals surface area contributed by atoms with Crippen molar-refractivity contribution in [1.29, 1.82) is 0 Å². The summed E-state index contributed by atoms with van der Waals surface area (Å²) in [6, 6.07) is -1.88. The number of nitrogens with one attached hydrogen (secondary N) is 6. The molecule has 15 heteroatoms. The van der Waals surface area contributed by atoms with Gasteiger partial charge in [-0.15, -0.1) is 0 Å². The van der Waals surface area contributed by atoms with E-state index in [9.17, 15) is 33.6 Å². The molecule has 0 aliphatic heterocycles. The van der Waals surface area contributed by atoms with E-state index in [2.05, 4.69) is 31.9 Å². The normalized spacial score (nSPS) is 38.8. The fraction of sp³-hybridized carbons (Fsp3) is 0.833. The third-order valence-electron chi connectivity index (χ3n) is 15.0. The Bertz CT molecular complexity index is 1540. The van der Waals surface area contributed by atoms with Crippen molar-refractivity contribution in [2.24, 2.45) is 52.9 Å². The molecule has 7 saturated carbocycles. The van der Waals surface area contributed by atoms with Crippen LogP contribution in [0.4, 0.5) is 0 Å². The smallest absolute Gasteiger partial charge is 0.225 e. The second kappa shape index (κ2) is 18.4. The number of hydrogen-bond donors (Lipinski definition) is 8. The third-order valence-corrected chi connectivity index (χ3v) is 15.0. The zero-order valence-electron chi connectivity index (χ0n) is 33.4. The molecule has 0 aromatic carbocycles. The summed E-state index contributed by atoms with van der Waals surface area (Å²) in [6.07, 6.45) is 15.7. The van der Waals surface area contributed by atoms with Crippen LogP contribution in [0.1, 0.15) is 135 Å². The van der Waals surface area contributed by atoms with Crippen LogP contribution in [0.2, 0.25) is 0 Å². The van der Waals surface area contributed by atoms with E-state index in [0.29, 0.717) is 64.2 Å². The van der Waals surface area contributed by atoms with Crippen LogP contribution in [-0.4, -0.2) is 83.6 Å². The minimum absolute atomic E-state index is 0.0506. The fourth-order valence-electron chi connectivity index (χ4n) is 11.8. The maximum atomic E-state index is 13.8. The molecule has 0 unspecified atom stereocenters. The summed E-state index contributed by atoms with van der Waals surface area (Å²) in [7, 11) is 0. The van der Waals surface area contributed by atoms with Gasteiger partial charge in [-0.2, -0.15) is 0 Å². The first-order chi connectivity index (χ1) is 27.5. The highest BCUT2D eigenvalue weighted by molar-refractivity contribution is 5.88. The van der Waals surface area contributed by atoms with Gasteiger partial charge in [-0.25, -0.2) is 0 Å². The standard InChI is InChI=1S/C42H66N8O7/c43-29-15-1-8-22(29)37(52)46-31-17-3-10-24(31)39(54)48-33-19-5-12-26(33)41(56)50-35-21-7-14-28(35)42(57)49-34-20-6-13-27(34)40(55)47-32-18-4-11-25(32)38(53)45-30-16-2-9-23(30)36(44)51/h22-35H,1-21,43H2,(H2,44,51)(H,45,53)(H,46,52)(H,47,55)(H,48,54)(H,49,57)(H,50,56)/t22-,23-,24-,25-,26-,27-,28-,29+,30+,31+,32+,33+,34+,35+/m1/s1. The highest BCUT2D eigenvalue weighted by Gasteiger charge is 2.45. The second-order valence-corrected chi connectivity index (χ2v) is 18.5. The molecule has 0 heterocycles. The van der Waals surface area contributed by atoms with Crippen molar-refractivity contribution in [2.45, 2.75) is 177 Å². The summed E-state index contributed by atoms with van der Waals surface area (Å²) in [5.74, 6) is -3.59. The van der Waals surface area contributed by atoms with Crippen LogP contribution in [0.5, 0.6) is 0 Å². The van der Waals surface area contributed by atoms with Gasteiger partial charge in [0.1, 0.15) is 0 Å². The molecule has 7 amide bonds. The molecule has 7 fully saturated rings. The zero-order valence-corrected chi connectivity index (χ0v) is 33.4. The molecular formula is C42H66N8O7. The van der Waals surface area contributed by atoms with Crippen LogP contribution in [0.15, 0.2) is 0 Å². The van der Waals surface area contributed by atoms with Gasteiger partial charge in [-0.3, -0.25) is 33.6 Å². The average Bonchev–Trinajstić information content (AvgIpc) is 4.01. The molecule has 7 aliphatic carbocycles. The lowest BCUT2D eigenvalue weighted by Gasteiger charge is -2.29. The number of primary amides is 1. The van der Waals surface area contributed by atoms with E-state index in [1.54, 1.807) is 0 Å². The lowest BCUT2D eigenvalue weighted by Crippen LogP contribution is -2.53. The van der Waals surface area contributed by atoms with E-state index in [4.69, 9.17) is 11.5 Å². The van der Waals surface area contributed by atoms with Gasteiger partial charge in [-0.1, -0.05) is 44.9 Å². The van der Waals surface area contributed by atoms with Gasteiger partial charge >= 0.3 is 0 Å². The van der Waals surface area contributed by atoms with Crippen LogP contribution in [0.3, 0.4) is 0 Å². The molecule has 0 bridgehead atoms. The number of rotatable bonds is 13. The number of carbonyl (C=O) groups is 7. The van der Waals surface area contributed by atoms with Gasteiger partial charge in [0.15, 0.2) is 0 Å². The first-order valence-corrected chi connectivity index (χ1v) is 22.4. The highest BCUT2D eigenvalue weighted by Crippen LogP contribution is 2.35. The summed E-state index contributed by atoms with van der Waals surface area (Å²) < 4.78 is 0. The number of hydrogen-bond acceptors (Lipinski definition) is 8. The van der Waals surface area contributed by atoms with Crippen molar-refractivity contribution in [2.75, 3.05) is 0 Å². The topological polar surface area (TPSA) is 244 Å². The Labute approximate surface area is 336 Å². The van der Waals surface area contributed by atoms with Crippen molar-refractivity contribution in [3.8, 4) is 0 Å². The van der Waals surface area contributed by atoms with Crippen molar-refractivity contribution in [3.05, 3.63) is 0 Å². The van der Waals surface area contributed by atoms with Crippen LogP contribution in [0, 0.1) is 41.4 Å². The number of carbonyl (C=O) groups excluding carboxylic acids is 7. The largest absolute Gasteiger partial charge is 0.369 e. The molecule has 0 radical (unpaired) electrons. The minimum Gasteiger partial charge on any atom is -0.369 e. The zero-order chi connectivity index (χ0) is 40.2. The van der Waals surface area contributed by atoms with Gasteiger partial charge in [0.25, 0.3) is 0 Å². The van der Waals surface area contributed by atoms with E-state index in [1.165, 1.54) is 0 Å². The molecule has 10 N–H and O–H groups in total. The summed E-state index contributed by atoms with van der Waals surface area (Å²) in [6.45, 7) is 0. The van der Waals surface area contributed by atoms with E-state index >= 15 is 0 Å². The van der Waals surface area contributed by atoms with Crippen molar-refractivity contribution in [3.63, 3.8) is 0 Å². The van der Waals surface area contributed by atoms with Crippen molar-refractivity contribution < 1.29 is 33.6 Å². The Kier molecular flexibility index (Phi) is 13.4. The molecule has 15 nitrogen and oxygen atoms in total. The van der Waals surface area contributed by atoms with Gasteiger partial charge in [0, 0.05) is 42.3 Å². The summed E-state index contributed by atoms with van der Waals surface area (Å²) in [5, 5.41) is 18.9. The Morgan fingerprint density at radius 3 is 0.754 bits per heavy atom. The fourth-order valence-corrected chi connectivity index (χ4v) is 11.8. The van der Waals surface area contributed by atoms with Crippen molar-refractivity contribution >= 4 is 41.4 Å². The summed E-state index contributed by atoms with van der Waals surface area (Å²) in [4.78, 5) is 93.0. The van der Waals surface area contributed by atoms with Crippen LogP contribution >= 0.6 is 0 Å². The molecule has 7 aliphatic rings. The lowest BCUT2D eigenvalue weighted by molar-refractivity contribution is -0.131. The molecule has 0 aromatic heterocycles.